The van der Waals surface area contributed by atoms with E-state index in [1.54, 1.807) is 0 Å². The van der Waals surface area contributed by atoms with Gasteiger partial charge in [-0.3, -0.25) is 4.79 Å². The maximum atomic E-state index is 11.4. The minimum Gasteiger partial charge on any atom is -0.466 e. The van der Waals surface area contributed by atoms with E-state index >= 15 is 0 Å². The van der Waals surface area contributed by atoms with Crippen LogP contribution < -0.4 is 0 Å². The summed E-state index contributed by atoms with van der Waals surface area (Å²) >= 11 is 0. The molecule has 0 radical (unpaired) electrons. The molecule has 0 aromatic heterocycles. The maximum absolute atomic E-state index is 11.4. The van der Waals surface area contributed by atoms with Crippen molar-refractivity contribution in [3.63, 3.8) is 0 Å². The van der Waals surface area contributed by atoms with E-state index < -0.39 is 0 Å². The number of hydrogen-bond donors (Lipinski definition) is 0. The summed E-state index contributed by atoms with van der Waals surface area (Å²) in [6, 6.07) is 0. The van der Waals surface area contributed by atoms with E-state index in [9.17, 15) is 4.79 Å². The summed E-state index contributed by atoms with van der Waals surface area (Å²) in [7, 11) is 0. The van der Waals surface area contributed by atoms with Gasteiger partial charge < -0.3 is 4.74 Å². The van der Waals surface area contributed by atoms with Gasteiger partial charge >= 0.3 is 5.97 Å². The summed E-state index contributed by atoms with van der Waals surface area (Å²) in [6.07, 6.45) is 26.2. The summed E-state index contributed by atoms with van der Waals surface area (Å²) in [5, 5.41) is 0. The topological polar surface area (TPSA) is 26.3 Å². The van der Waals surface area contributed by atoms with Gasteiger partial charge in [0.05, 0.1) is 6.61 Å². The second kappa shape index (κ2) is 19.7. The van der Waals surface area contributed by atoms with E-state index in [0.717, 1.165) is 32.1 Å². The number of carbonyl (C=O) groups is 1. The molecule has 0 rings (SSSR count). The monoisotopic (exact) mass is 334 g/mol. The van der Waals surface area contributed by atoms with Gasteiger partial charge in [0, 0.05) is 6.42 Å². The summed E-state index contributed by atoms with van der Waals surface area (Å²) in [6.45, 7) is 4.91. The van der Waals surface area contributed by atoms with Crippen LogP contribution in [0.25, 0.3) is 0 Å². The van der Waals surface area contributed by atoms with Crippen molar-refractivity contribution in [1.29, 1.82) is 0 Å². The van der Waals surface area contributed by atoms with Gasteiger partial charge in [-0.05, 0) is 32.1 Å². The molecule has 0 aliphatic heterocycles. The number of esters is 1. The van der Waals surface area contributed by atoms with Crippen LogP contribution in [0.1, 0.15) is 90.9 Å². The van der Waals surface area contributed by atoms with Crippen LogP contribution in [0.2, 0.25) is 0 Å². The Bertz CT molecular complexity index is 353. The first kappa shape index (κ1) is 22.7. The Balaban J connectivity index is 3.32. The normalized spacial score (nSPS) is 11.9. The Morgan fingerprint density at radius 2 is 1.29 bits per heavy atom. The molecular weight excluding hydrogens is 296 g/mol. The molecular formula is C22H38O2. The van der Waals surface area contributed by atoms with Crippen molar-refractivity contribution in [2.45, 2.75) is 90.9 Å². The molecule has 0 fully saturated rings. The fourth-order valence-corrected chi connectivity index (χ4v) is 2.26. The standard InChI is InChI=1S/C22H38O2/c1-3-5-7-8-9-10-11-12-13-14-15-16-17-18-19-20-22(23)24-21-6-4-2/h8-13H,3-7,14-21H2,1-2H3/b9-8+,11-10+,13-12-. The number of unbranched alkanes of at least 4 members (excludes halogenated alkanes) is 8. The quantitative estimate of drug-likeness (QED) is 0.174. The predicted octanol–water partition coefficient (Wildman–Crippen LogP) is 6.92. The lowest BCUT2D eigenvalue weighted by molar-refractivity contribution is -0.143. The van der Waals surface area contributed by atoms with E-state index in [2.05, 4.69) is 50.3 Å². The van der Waals surface area contributed by atoms with Gasteiger partial charge in [0.15, 0.2) is 0 Å². The van der Waals surface area contributed by atoms with Crippen molar-refractivity contribution in [3.05, 3.63) is 36.5 Å². The Kier molecular flexibility index (Phi) is 18.7. The number of ether oxygens (including phenoxy) is 1. The highest BCUT2D eigenvalue weighted by Gasteiger charge is 2.01. The van der Waals surface area contributed by atoms with Crippen molar-refractivity contribution in [1.82, 2.24) is 0 Å². The molecule has 2 heteroatoms. The first-order valence-electron chi connectivity index (χ1n) is 9.95. The molecule has 0 atom stereocenters. The number of carbonyl (C=O) groups excluding carboxylic acids is 1. The van der Waals surface area contributed by atoms with E-state index in [0.29, 0.717) is 13.0 Å². The lowest BCUT2D eigenvalue weighted by atomic mass is 10.1. The molecule has 0 N–H and O–H groups in total. The molecule has 0 aromatic rings. The van der Waals surface area contributed by atoms with Crippen LogP contribution in [0.5, 0.6) is 0 Å². The molecule has 0 unspecified atom stereocenters. The van der Waals surface area contributed by atoms with Gasteiger partial charge in [-0.2, -0.15) is 0 Å². The zero-order chi connectivity index (χ0) is 17.7. The summed E-state index contributed by atoms with van der Waals surface area (Å²) in [4.78, 5) is 11.4. The predicted molar refractivity (Wildman–Crippen MR) is 105 cm³/mol. The summed E-state index contributed by atoms with van der Waals surface area (Å²) < 4.78 is 5.14. The first-order valence-corrected chi connectivity index (χ1v) is 9.95. The molecule has 0 amide bonds. The molecule has 0 aliphatic carbocycles. The van der Waals surface area contributed by atoms with Crippen LogP contribution in [0.15, 0.2) is 36.5 Å². The van der Waals surface area contributed by atoms with Crippen molar-refractivity contribution in [2.24, 2.45) is 0 Å². The first-order chi connectivity index (χ1) is 11.8. The van der Waals surface area contributed by atoms with Crippen LogP contribution in [0, 0.1) is 0 Å². The average Bonchev–Trinajstić information content (AvgIpc) is 2.58. The van der Waals surface area contributed by atoms with Gasteiger partial charge in [0.2, 0.25) is 0 Å². The van der Waals surface area contributed by atoms with E-state index in [1.807, 2.05) is 0 Å². The largest absolute Gasteiger partial charge is 0.466 e. The molecule has 0 bridgehead atoms. The third kappa shape index (κ3) is 18.7. The van der Waals surface area contributed by atoms with Gasteiger partial charge in [0.25, 0.3) is 0 Å². The van der Waals surface area contributed by atoms with Crippen molar-refractivity contribution in [3.8, 4) is 0 Å². The van der Waals surface area contributed by atoms with Crippen molar-refractivity contribution in [2.75, 3.05) is 6.61 Å². The van der Waals surface area contributed by atoms with Crippen molar-refractivity contribution >= 4 is 5.97 Å². The molecule has 0 heterocycles. The van der Waals surface area contributed by atoms with Crippen LogP contribution in [-0.2, 0) is 9.53 Å². The zero-order valence-corrected chi connectivity index (χ0v) is 16.0. The number of allylic oxidation sites excluding steroid dienone is 6. The highest BCUT2D eigenvalue weighted by Crippen LogP contribution is 2.08. The lowest BCUT2D eigenvalue weighted by Crippen LogP contribution is -2.05. The molecule has 0 saturated carbocycles. The second-order valence-corrected chi connectivity index (χ2v) is 6.26. The molecule has 24 heavy (non-hydrogen) atoms. The van der Waals surface area contributed by atoms with Gasteiger partial charge in [-0.15, -0.1) is 0 Å². The third-order valence-electron chi connectivity index (χ3n) is 3.84. The van der Waals surface area contributed by atoms with E-state index in [1.165, 1.54) is 38.5 Å². The Morgan fingerprint density at radius 1 is 0.708 bits per heavy atom. The highest BCUT2D eigenvalue weighted by atomic mass is 16.5. The van der Waals surface area contributed by atoms with Crippen LogP contribution in [-0.4, -0.2) is 12.6 Å². The highest BCUT2D eigenvalue weighted by molar-refractivity contribution is 5.69. The van der Waals surface area contributed by atoms with Crippen molar-refractivity contribution < 1.29 is 9.53 Å². The average molecular weight is 335 g/mol. The van der Waals surface area contributed by atoms with E-state index in [-0.39, 0.29) is 5.97 Å². The fourth-order valence-electron chi connectivity index (χ4n) is 2.26. The zero-order valence-electron chi connectivity index (χ0n) is 16.0. The van der Waals surface area contributed by atoms with Gasteiger partial charge in [0.1, 0.15) is 0 Å². The second-order valence-electron chi connectivity index (χ2n) is 6.26. The Morgan fingerprint density at radius 3 is 1.96 bits per heavy atom. The molecule has 2 nitrogen and oxygen atoms in total. The summed E-state index contributed by atoms with van der Waals surface area (Å²) in [5.74, 6) is -0.0260. The molecule has 0 saturated heterocycles. The SMILES string of the molecule is CCCC/C=C/C=C/C=C\CCCCCCCC(=O)OCCCC. The lowest BCUT2D eigenvalue weighted by Gasteiger charge is -2.03. The maximum Gasteiger partial charge on any atom is 0.305 e. The smallest absolute Gasteiger partial charge is 0.305 e. The van der Waals surface area contributed by atoms with Gasteiger partial charge in [-0.1, -0.05) is 88.8 Å². The minimum absolute atomic E-state index is 0.0260. The number of hydrogen-bond acceptors (Lipinski definition) is 2. The van der Waals surface area contributed by atoms with Crippen LogP contribution in [0.4, 0.5) is 0 Å². The van der Waals surface area contributed by atoms with Crippen LogP contribution >= 0.6 is 0 Å². The van der Waals surface area contributed by atoms with Gasteiger partial charge in [-0.25, -0.2) is 0 Å². The van der Waals surface area contributed by atoms with Crippen LogP contribution in [0.3, 0.4) is 0 Å². The molecule has 0 aliphatic rings. The Hall–Kier alpha value is -1.31. The Labute approximate surface area is 150 Å². The molecule has 0 spiro atoms. The third-order valence-corrected chi connectivity index (χ3v) is 3.84. The summed E-state index contributed by atoms with van der Waals surface area (Å²) in [5.41, 5.74) is 0. The molecule has 138 valence electrons. The minimum atomic E-state index is -0.0260. The fraction of sp³-hybridized carbons (Fsp3) is 0.682. The number of rotatable bonds is 16. The van der Waals surface area contributed by atoms with E-state index in [4.69, 9.17) is 4.74 Å². The molecule has 0 aromatic carbocycles.